The summed E-state index contributed by atoms with van der Waals surface area (Å²) < 4.78 is 46.2. The molecule has 2 aromatic carbocycles. The summed E-state index contributed by atoms with van der Waals surface area (Å²) in [4.78, 5) is 0. The minimum atomic E-state index is -0.740. The largest absolute Gasteiger partial charge is 0.471 e. The normalized spacial score (nSPS) is 10.3. The summed E-state index contributed by atoms with van der Waals surface area (Å²) in [5.74, 6) is -2.07. The quantitative estimate of drug-likeness (QED) is 0.719. The molecule has 124 valence electrons. The van der Waals surface area contributed by atoms with Gasteiger partial charge in [-0.25, -0.2) is 13.2 Å². The highest BCUT2D eigenvalue weighted by atomic mass is 19.1. The highest BCUT2D eigenvalue weighted by molar-refractivity contribution is 5.68. The fourth-order valence-electron chi connectivity index (χ4n) is 2.23. The maximum absolute atomic E-state index is 13.9. The molecule has 0 bridgehead atoms. The third-order valence-corrected chi connectivity index (χ3v) is 3.41. The average Bonchev–Trinajstić information content (AvgIpc) is 2.60. The van der Waals surface area contributed by atoms with Crippen LogP contribution >= 0.6 is 0 Å². The molecule has 0 atom stereocenters. The molecule has 4 nitrogen and oxygen atoms in total. The molecule has 0 saturated heterocycles. The van der Waals surface area contributed by atoms with Crippen LogP contribution in [-0.4, -0.2) is 10.2 Å². The summed E-state index contributed by atoms with van der Waals surface area (Å²) in [5, 5.41) is 16.2. The van der Waals surface area contributed by atoms with Crippen LogP contribution in [0.4, 0.5) is 13.2 Å². The minimum absolute atomic E-state index is 0.0104. The fourth-order valence-corrected chi connectivity index (χ4v) is 2.23. The molecule has 0 aliphatic carbocycles. The Kier molecular flexibility index (Phi) is 4.61. The number of nitrogens with zero attached hydrogens (tertiary/aromatic N) is 3. The Bertz CT molecular complexity index is 950. The molecular weight excluding hydrogens is 331 g/mol. The van der Waals surface area contributed by atoms with Gasteiger partial charge in [0.25, 0.3) is 0 Å². The average molecular weight is 341 g/mol. The first kappa shape index (κ1) is 16.5. The van der Waals surface area contributed by atoms with E-state index in [9.17, 15) is 13.2 Å². The fraction of sp³-hybridized carbons (Fsp3) is 0.0556. The smallest absolute Gasteiger partial charge is 0.241 e. The summed E-state index contributed by atoms with van der Waals surface area (Å²) in [6, 6.07) is 10.3. The van der Waals surface area contributed by atoms with E-state index in [0.29, 0.717) is 5.56 Å². The van der Waals surface area contributed by atoms with Crippen LogP contribution in [-0.2, 0) is 6.61 Å². The van der Waals surface area contributed by atoms with Gasteiger partial charge in [-0.05, 0) is 35.9 Å². The number of hydrogen-bond donors (Lipinski definition) is 0. The van der Waals surface area contributed by atoms with Crippen LogP contribution in [0.15, 0.2) is 48.7 Å². The maximum Gasteiger partial charge on any atom is 0.241 e. The van der Waals surface area contributed by atoms with Crippen molar-refractivity contribution in [3.05, 3.63) is 77.2 Å². The van der Waals surface area contributed by atoms with Gasteiger partial charge >= 0.3 is 0 Å². The lowest BCUT2D eigenvalue weighted by molar-refractivity contribution is 0.286. The highest BCUT2D eigenvalue weighted by Gasteiger charge is 2.12. The molecule has 1 aromatic heterocycles. The van der Waals surface area contributed by atoms with Crippen molar-refractivity contribution in [2.24, 2.45) is 0 Å². The molecule has 0 radical (unpaired) electrons. The molecule has 0 unspecified atom stereocenters. The van der Waals surface area contributed by atoms with Crippen LogP contribution in [0.2, 0.25) is 0 Å². The van der Waals surface area contributed by atoms with Gasteiger partial charge in [-0.3, -0.25) is 0 Å². The van der Waals surface area contributed by atoms with E-state index < -0.39 is 17.5 Å². The standard InChI is InChI=1S/C18H10F3N3O/c19-14-6-13(7-15(20)8-14)16-3-4-23-24-18(16)25-10-12-2-1-11(9-22)5-17(12)21/h1-8H,10H2. The van der Waals surface area contributed by atoms with Gasteiger partial charge < -0.3 is 4.74 Å². The minimum Gasteiger partial charge on any atom is -0.471 e. The molecule has 0 aliphatic rings. The molecule has 0 spiro atoms. The van der Waals surface area contributed by atoms with Crippen molar-refractivity contribution in [3.8, 4) is 23.1 Å². The van der Waals surface area contributed by atoms with E-state index in [4.69, 9.17) is 10.00 Å². The van der Waals surface area contributed by atoms with Gasteiger partial charge in [0.1, 0.15) is 24.1 Å². The molecule has 0 amide bonds. The lowest BCUT2D eigenvalue weighted by atomic mass is 10.1. The number of rotatable bonds is 4. The zero-order valence-corrected chi connectivity index (χ0v) is 12.7. The predicted octanol–water partition coefficient (Wildman–Crippen LogP) is 4.01. The van der Waals surface area contributed by atoms with Crippen LogP contribution in [0.25, 0.3) is 11.1 Å². The second-order valence-electron chi connectivity index (χ2n) is 5.11. The van der Waals surface area contributed by atoms with Crippen LogP contribution in [0.3, 0.4) is 0 Å². The maximum atomic E-state index is 13.9. The third kappa shape index (κ3) is 3.75. The Morgan fingerprint density at radius 3 is 2.44 bits per heavy atom. The van der Waals surface area contributed by atoms with Crippen molar-refractivity contribution >= 4 is 0 Å². The van der Waals surface area contributed by atoms with Gasteiger partial charge in [-0.15, -0.1) is 5.10 Å². The first-order valence-electron chi connectivity index (χ1n) is 7.16. The molecule has 0 N–H and O–H groups in total. The first-order chi connectivity index (χ1) is 12.1. The Labute approximate surface area is 141 Å². The third-order valence-electron chi connectivity index (χ3n) is 3.41. The monoisotopic (exact) mass is 341 g/mol. The van der Waals surface area contributed by atoms with Crippen molar-refractivity contribution in [1.82, 2.24) is 10.2 Å². The van der Waals surface area contributed by atoms with Crippen LogP contribution < -0.4 is 4.74 Å². The van der Waals surface area contributed by atoms with Gasteiger partial charge in [0.2, 0.25) is 5.88 Å². The van der Waals surface area contributed by atoms with Crippen molar-refractivity contribution < 1.29 is 17.9 Å². The molecule has 25 heavy (non-hydrogen) atoms. The van der Waals surface area contributed by atoms with E-state index in [1.54, 1.807) is 0 Å². The van der Waals surface area contributed by atoms with Crippen molar-refractivity contribution in [3.63, 3.8) is 0 Å². The molecule has 3 aromatic rings. The molecule has 1 heterocycles. The Morgan fingerprint density at radius 1 is 1.00 bits per heavy atom. The zero-order chi connectivity index (χ0) is 17.8. The lowest BCUT2D eigenvalue weighted by Gasteiger charge is -2.10. The summed E-state index contributed by atoms with van der Waals surface area (Å²) in [5.41, 5.74) is 0.947. The number of aromatic nitrogens is 2. The molecule has 0 aliphatic heterocycles. The van der Waals surface area contributed by atoms with Gasteiger partial charge in [-0.2, -0.15) is 10.4 Å². The van der Waals surface area contributed by atoms with E-state index in [0.717, 1.165) is 24.3 Å². The first-order valence-corrected chi connectivity index (χ1v) is 7.16. The molecular formula is C18H10F3N3O. The lowest BCUT2D eigenvalue weighted by Crippen LogP contribution is -2.02. The predicted molar refractivity (Wildman–Crippen MR) is 82.8 cm³/mol. The Balaban J connectivity index is 1.88. The topological polar surface area (TPSA) is 58.8 Å². The SMILES string of the molecule is N#Cc1ccc(COc2nnccc2-c2cc(F)cc(F)c2)c(F)c1. The second-order valence-corrected chi connectivity index (χ2v) is 5.11. The molecule has 0 fully saturated rings. The van der Waals surface area contributed by atoms with Crippen molar-refractivity contribution in [1.29, 1.82) is 5.26 Å². The van der Waals surface area contributed by atoms with E-state index in [-0.39, 0.29) is 29.2 Å². The van der Waals surface area contributed by atoms with Crippen molar-refractivity contribution in [2.75, 3.05) is 0 Å². The van der Waals surface area contributed by atoms with Gasteiger partial charge in [0, 0.05) is 17.2 Å². The summed E-state index contributed by atoms with van der Waals surface area (Å²) >= 11 is 0. The van der Waals surface area contributed by atoms with Gasteiger partial charge in [0.15, 0.2) is 0 Å². The zero-order valence-electron chi connectivity index (χ0n) is 12.7. The van der Waals surface area contributed by atoms with Crippen LogP contribution in [0, 0.1) is 28.8 Å². The molecule has 0 saturated carbocycles. The van der Waals surface area contributed by atoms with Crippen LogP contribution in [0.1, 0.15) is 11.1 Å². The second kappa shape index (κ2) is 7.01. The number of hydrogen-bond acceptors (Lipinski definition) is 4. The Morgan fingerprint density at radius 2 is 1.76 bits per heavy atom. The van der Waals surface area contributed by atoms with E-state index in [1.165, 1.54) is 24.4 Å². The molecule has 7 heteroatoms. The van der Waals surface area contributed by atoms with Crippen molar-refractivity contribution in [2.45, 2.75) is 6.61 Å². The summed E-state index contributed by atoms with van der Waals surface area (Å²) in [6.45, 7) is -0.180. The number of halogens is 3. The van der Waals surface area contributed by atoms with E-state index in [2.05, 4.69) is 10.2 Å². The van der Waals surface area contributed by atoms with E-state index in [1.807, 2.05) is 6.07 Å². The number of nitriles is 1. The van der Waals surface area contributed by atoms with Gasteiger partial charge in [0.05, 0.1) is 17.8 Å². The number of benzene rings is 2. The molecule has 3 rings (SSSR count). The summed E-state index contributed by atoms with van der Waals surface area (Å²) in [6.07, 6.45) is 1.35. The van der Waals surface area contributed by atoms with Crippen LogP contribution in [0.5, 0.6) is 5.88 Å². The highest BCUT2D eigenvalue weighted by Crippen LogP contribution is 2.29. The number of ether oxygens (including phenoxy) is 1. The van der Waals surface area contributed by atoms with Gasteiger partial charge in [-0.1, -0.05) is 6.07 Å². The van der Waals surface area contributed by atoms with E-state index >= 15 is 0 Å². The Hall–Kier alpha value is -3.40. The summed E-state index contributed by atoms with van der Waals surface area (Å²) in [7, 11) is 0.